The molecule has 0 aromatic heterocycles. The SMILES string of the molecule is COc1ccc(CNC(=O)COC(=O)Cc2c(Cl)cccc2Cl)cc1OC. The highest BCUT2D eigenvalue weighted by Gasteiger charge is 2.13. The lowest BCUT2D eigenvalue weighted by molar-refractivity contribution is -0.147. The Morgan fingerprint density at radius 2 is 1.67 bits per heavy atom. The van der Waals surface area contributed by atoms with Gasteiger partial charge in [0.15, 0.2) is 18.1 Å². The average molecular weight is 412 g/mol. The normalized spacial score (nSPS) is 10.2. The molecule has 0 fully saturated rings. The topological polar surface area (TPSA) is 73.9 Å². The van der Waals surface area contributed by atoms with Crippen molar-refractivity contribution in [2.75, 3.05) is 20.8 Å². The van der Waals surface area contributed by atoms with Gasteiger partial charge in [0.1, 0.15) is 0 Å². The Morgan fingerprint density at radius 1 is 1.00 bits per heavy atom. The minimum atomic E-state index is -0.591. The summed E-state index contributed by atoms with van der Waals surface area (Å²) >= 11 is 12.0. The van der Waals surface area contributed by atoms with E-state index >= 15 is 0 Å². The van der Waals surface area contributed by atoms with Crippen molar-refractivity contribution in [3.8, 4) is 11.5 Å². The van der Waals surface area contributed by atoms with Crippen LogP contribution in [0.25, 0.3) is 0 Å². The molecule has 0 atom stereocenters. The quantitative estimate of drug-likeness (QED) is 0.673. The third-order valence-corrected chi connectivity index (χ3v) is 4.39. The van der Waals surface area contributed by atoms with Crippen molar-refractivity contribution in [2.24, 2.45) is 0 Å². The maximum Gasteiger partial charge on any atom is 0.310 e. The van der Waals surface area contributed by atoms with Gasteiger partial charge in [-0.3, -0.25) is 9.59 Å². The maximum absolute atomic E-state index is 11.9. The average Bonchev–Trinajstić information content (AvgIpc) is 2.67. The standard InChI is InChI=1S/C19H19Cl2NO5/c1-25-16-7-6-12(8-17(16)26-2)10-22-18(23)11-27-19(24)9-13-14(20)4-3-5-15(13)21/h3-8H,9-11H2,1-2H3,(H,22,23). The highest BCUT2D eigenvalue weighted by molar-refractivity contribution is 6.36. The summed E-state index contributed by atoms with van der Waals surface area (Å²) in [7, 11) is 3.08. The monoisotopic (exact) mass is 411 g/mol. The van der Waals surface area contributed by atoms with Crippen LogP contribution in [0.3, 0.4) is 0 Å². The lowest BCUT2D eigenvalue weighted by Gasteiger charge is -2.11. The van der Waals surface area contributed by atoms with E-state index in [2.05, 4.69) is 5.32 Å². The Bertz CT molecular complexity index is 805. The molecule has 144 valence electrons. The van der Waals surface area contributed by atoms with E-state index in [1.165, 1.54) is 7.11 Å². The largest absolute Gasteiger partial charge is 0.493 e. The molecule has 27 heavy (non-hydrogen) atoms. The van der Waals surface area contributed by atoms with Gasteiger partial charge < -0.3 is 19.5 Å². The number of halogens is 2. The molecule has 0 unspecified atom stereocenters. The van der Waals surface area contributed by atoms with E-state index in [-0.39, 0.29) is 13.0 Å². The number of hydrogen-bond acceptors (Lipinski definition) is 5. The molecule has 1 amide bonds. The fourth-order valence-electron chi connectivity index (χ4n) is 2.28. The van der Waals surface area contributed by atoms with Crippen molar-refractivity contribution < 1.29 is 23.8 Å². The minimum absolute atomic E-state index is 0.110. The number of hydrogen-bond donors (Lipinski definition) is 1. The van der Waals surface area contributed by atoms with Crippen molar-refractivity contribution in [1.82, 2.24) is 5.32 Å². The van der Waals surface area contributed by atoms with Crippen LogP contribution < -0.4 is 14.8 Å². The molecule has 2 aromatic carbocycles. The summed E-state index contributed by atoms with van der Waals surface area (Å²) in [5.41, 5.74) is 1.28. The molecule has 0 radical (unpaired) electrons. The molecule has 0 heterocycles. The molecule has 0 saturated carbocycles. The van der Waals surface area contributed by atoms with E-state index in [4.69, 9.17) is 37.4 Å². The van der Waals surface area contributed by atoms with E-state index in [1.807, 2.05) is 0 Å². The number of nitrogens with one attached hydrogen (secondary N) is 1. The van der Waals surface area contributed by atoms with E-state index in [1.54, 1.807) is 43.5 Å². The van der Waals surface area contributed by atoms with Crippen molar-refractivity contribution in [3.05, 3.63) is 57.6 Å². The predicted octanol–water partition coefficient (Wildman–Crippen LogP) is 3.41. The van der Waals surface area contributed by atoms with Gasteiger partial charge in [0, 0.05) is 22.2 Å². The third kappa shape index (κ3) is 6.05. The summed E-state index contributed by atoms with van der Waals surface area (Å²) in [6.45, 7) is -0.138. The maximum atomic E-state index is 11.9. The van der Waals surface area contributed by atoms with Crippen LogP contribution in [0.15, 0.2) is 36.4 Å². The van der Waals surface area contributed by atoms with Crippen LogP contribution in [0, 0.1) is 0 Å². The summed E-state index contributed by atoms with van der Waals surface area (Å²) in [5.74, 6) is 0.140. The van der Waals surface area contributed by atoms with Crippen LogP contribution in [0.4, 0.5) is 0 Å². The highest BCUT2D eigenvalue weighted by Crippen LogP contribution is 2.27. The number of esters is 1. The van der Waals surface area contributed by atoms with Gasteiger partial charge in [0.25, 0.3) is 5.91 Å². The second-order valence-electron chi connectivity index (χ2n) is 5.50. The van der Waals surface area contributed by atoms with E-state index < -0.39 is 18.5 Å². The Kier molecular flexibility index (Phi) is 7.76. The van der Waals surface area contributed by atoms with E-state index in [9.17, 15) is 9.59 Å². The Balaban J connectivity index is 1.81. The fourth-order valence-corrected chi connectivity index (χ4v) is 2.82. The molecule has 2 rings (SSSR count). The molecule has 8 heteroatoms. The molecule has 0 bridgehead atoms. The van der Waals surface area contributed by atoms with Crippen molar-refractivity contribution >= 4 is 35.1 Å². The van der Waals surface area contributed by atoms with Crippen molar-refractivity contribution in [1.29, 1.82) is 0 Å². The van der Waals surface area contributed by atoms with Gasteiger partial charge in [-0.2, -0.15) is 0 Å². The summed E-state index contributed by atoms with van der Waals surface area (Å²) in [4.78, 5) is 23.8. The van der Waals surface area contributed by atoms with Crippen LogP contribution in [0.1, 0.15) is 11.1 Å². The van der Waals surface area contributed by atoms with Gasteiger partial charge in [-0.15, -0.1) is 0 Å². The highest BCUT2D eigenvalue weighted by atomic mass is 35.5. The third-order valence-electron chi connectivity index (χ3n) is 3.68. The Labute approximate surface area is 167 Å². The number of ether oxygens (including phenoxy) is 3. The smallest absolute Gasteiger partial charge is 0.310 e. The number of rotatable bonds is 8. The second-order valence-corrected chi connectivity index (χ2v) is 6.32. The molecule has 1 N–H and O–H groups in total. The number of amides is 1. The first kappa shape index (κ1) is 20.9. The van der Waals surface area contributed by atoms with E-state index in [0.29, 0.717) is 27.1 Å². The summed E-state index contributed by atoms with van der Waals surface area (Å²) < 4.78 is 15.3. The Hall–Kier alpha value is -2.44. The number of methoxy groups -OCH3 is 2. The second kappa shape index (κ2) is 10.0. The predicted molar refractivity (Wildman–Crippen MR) is 103 cm³/mol. The number of carbonyl (C=O) groups is 2. The zero-order valence-electron chi connectivity index (χ0n) is 14.9. The molecule has 0 aliphatic carbocycles. The lowest BCUT2D eigenvalue weighted by Crippen LogP contribution is -2.28. The van der Waals surface area contributed by atoms with Gasteiger partial charge in [0.2, 0.25) is 0 Å². The van der Waals surface area contributed by atoms with Crippen LogP contribution in [0.2, 0.25) is 10.0 Å². The first-order chi connectivity index (χ1) is 12.9. The molecule has 6 nitrogen and oxygen atoms in total. The van der Waals surface area contributed by atoms with Crippen LogP contribution in [0.5, 0.6) is 11.5 Å². The zero-order valence-corrected chi connectivity index (χ0v) is 16.4. The summed E-state index contributed by atoms with van der Waals surface area (Å²) in [5, 5.41) is 3.41. The Morgan fingerprint density at radius 3 is 2.30 bits per heavy atom. The number of benzene rings is 2. The summed E-state index contributed by atoms with van der Waals surface area (Å²) in [6.07, 6.45) is -0.110. The van der Waals surface area contributed by atoms with Crippen molar-refractivity contribution in [2.45, 2.75) is 13.0 Å². The first-order valence-corrected chi connectivity index (χ1v) is 8.76. The molecule has 0 spiro atoms. The molecule has 0 saturated heterocycles. The van der Waals surface area contributed by atoms with E-state index in [0.717, 1.165) is 5.56 Å². The first-order valence-electron chi connectivity index (χ1n) is 8.00. The summed E-state index contributed by atoms with van der Waals surface area (Å²) in [6, 6.07) is 10.2. The van der Waals surface area contributed by atoms with Gasteiger partial charge in [0.05, 0.1) is 20.6 Å². The molecule has 0 aliphatic heterocycles. The van der Waals surface area contributed by atoms with Gasteiger partial charge in [-0.05, 0) is 29.8 Å². The lowest BCUT2D eigenvalue weighted by atomic mass is 10.1. The van der Waals surface area contributed by atoms with Crippen LogP contribution in [-0.2, 0) is 27.3 Å². The van der Waals surface area contributed by atoms with Gasteiger partial charge in [-0.1, -0.05) is 35.3 Å². The fraction of sp³-hybridized carbons (Fsp3) is 0.263. The van der Waals surface area contributed by atoms with Crippen molar-refractivity contribution in [3.63, 3.8) is 0 Å². The van der Waals surface area contributed by atoms with Crippen LogP contribution >= 0.6 is 23.2 Å². The zero-order chi connectivity index (χ0) is 19.8. The molecular weight excluding hydrogens is 393 g/mol. The molecular formula is C19H19Cl2NO5. The van der Waals surface area contributed by atoms with Crippen LogP contribution in [-0.4, -0.2) is 32.7 Å². The van der Waals surface area contributed by atoms with Gasteiger partial charge in [-0.25, -0.2) is 0 Å². The minimum Gasteiger partial charge on any atom is -0.493 e. The van der Waals surface area contributed by atoms with Gasteiger partial charge >= 0.3 is 5.97 Å². The molecule has 0 aliphatic rings. The molecule has 2 aromatic rings. The number of carbonyl (C=O) groups excluding carboxylic acids is 2.